The predicted octanol–water partition coefficient (Wildman–Crippen LogP) is 4.17. The van der Waals surface area contributed by atoms with Crippen molar-refractivity contribution < 1.29 is 4.74 Å². The van der Waals surface area contributed by atoms with Crippen LogP contribution in [0.5, 0.6) is 5.75 Å². The van der Waals surface area contributed by atoms with Crippen LogP contribution in [-0.2, 0) is 0 Å². The van der Waals surface area contributed by atoms with Crippen molar-refractivity contribution in [2.24, 2.45) is 0 Å². The van der Waals surface area contributed by atoms with E-state index in [0.717, 1.165) is 26.9 Å². The molecule has 0 saturated carbocycles. The van der Waals surface area contributed by atoms with Gasteiger partial charge in [-0.1, -0.05) is 29.8 Å². The molecular weight excluding hydrogens is 292 g/mol. The van der Waals surface area contributed by atoms with Crippen molar-refractivity contribution in [3.63, 3.8) is 0 Å². The summed E-state index contributed by atoms with van der Waals surface area (Å²) in [5, 5.41) is 4.24. The first-order valence-corrected chi connectivity index (χ1v) is 6.72. The monoisotopic (exact) mass is 308 g/mol. The quantitative estimate of drug-likeness (QED) is 0.924. The van der Waals surface area contributed by atoms with Crippen LogP contribution in [0.25, 0.3) is 10.9 Å². The van der Waals surface area contributed by atoms with Gasteiger partial charge in [0.25, 0.3) is 0 Å². The van der Waals surface area contributed by atoms with Crippen molar-refractivity contribution in [2.75, 3.05) is 19.5 Å². The zero-order chi connectivity index (χ0) is 13.3. The molecule has 1 aromatic carbocycles. The minimum atomic E-state index is 0.419. The molecule has 0 saturated heterocycles. The molecule has 1 aromatic heterocycles. The number of ether oxygens (including phenoxy) is 1. The predicted molar refractivity (Wildman–Crippen MR) is 79.6 cm³/mol. The van der Waals surface area contributed by atoms with Gasteiger partial charge in [-0.3, -0.25) is 0 Å². The molecule has 0 aliphatic rings. The van der Waals surface area contributed by atoms with E-state index in [0.29, 0.717) is 5.92 Å². The van der Waals surface area contributed by atoms with Crippen LogP contribution in [0.1, 0.15) is 25.3 Å². The summed E-state index contributed by atoms with van der Waals surface area (Å²) >= 11 is 3.57. The lowest BCUT2D eigenvalue weighted by atomic mass is 10.0. The molecular formula is C14H17BrN2O. The third kappa shape index (κ3) is 2.17. The van der Waals surface area contributed by atoms with Gasteiger partial charge in [-0.05, 0) is 29.7 Å². The Hall–Kier alpha value is -1.29. The molecule has 2 aromatic rings. The van der Waals surface area contributed by atoms with Gasteiger partial charge < -0.3 is 10.1 Å². The number of anilines is 1. The maximum absolute atomic E-state index is 5.37. The molecule has 96 valence electrons. The summed E-state index contributed by atoms with van der Waals surface area (Å²) in [6.45, 7) is 4.33. The van der Waals surface area contributed by atoms with Crippen LogP contribution in [0.4, 0.5) is 5.82 Å². The summed E-state index contributed by atoms with van der Waals surface area (Å²) in [5.74, 6) is 2.12. The van der Waals surface area contributed by atoms with Gasteiger partial charge in [0.2, 0.25) is 0 Å². The van der Waals surface area contributed by atoms with Crippen molar-refractivity contribution in [1.29, 1.82) is 0 Å². The topological polar surface area (TPSA) is 34.2 Å². The Balaban J connectivity index is 2.81. The maximum Gasteiger partial charge on any atom is 0.145 e. The van der Waals surface area contributed by atoms with E-state index in [-0.39, 0.29) is 0 Å². The highest BCUT2D eigenvalue weighted by molar-refractivity contribution is 9.10. The number of nitrogens with zero attached hydrogens (tertiary/aromatic N) is 1. The van der Waals surface area contributed by atoms with Crippen LogP contribution in [0.3, 0.4) is 0 Å². The number of halogens is 1. The molecule has 3 nitrogen and oxygen atoms in total. The molecule has 0 fully saturated rings. The summed E-state index contributed by atoms with van der Waals surface area (Å²) < 4.78 is 6.41. The number of methoxy groups -OCH3 is 1. The molecule has 1 heterocycles. The molecule has 1 N–H and O–H groups in total. The average molecular weight is 309 g/mol. The Morgan fingerprint density at radius 1 is 1.33 bits per heavy atom. The maximum atomic E-state index is 5.37. The zero-order valence-electron chi connectivity index (χ0n) is 11.0. The third-order valence-corrected chi connectivity index (χ3v) is 3.69. The summed E-state index contributed by atoms with van der Waals surface area (Å²) in [4.78, 5) is 4.68. The standard InChI is InChI=1S/C14H17BrN2O/c1-8(2)9-7-10-11(15)5-6-12(18-4)13(10)17-14(9)16-3/h5-8H,1-4H3,(H,16,17). The van der Waals surface area contributed by atoms with Gasteiger partial charge in [-0.15, -0.1) is 0 Å². The van der Waals surface area contributed by atoms with Gasteiger partial charge in [0.1, 0.15) is 17.1 Å². The van der Waals surface area contributed by atoms with Gasteiger partial charge in [0.15, 0.2) is 0 Å². The van der Waals surface area contributed by atoms with Crippen LogP contribution in [-0.4, -0.2) is 19.1 Å². The van der Waals surface area contributed by atoms with Crippen molar-refractivity contribution in [3.05, 3.63) is 28.2 Å². The van der Waals surface area contributed by atoms with Crippen LogP contribution in [0.2, 0.25) is 0 Å². The van der Waals surface area contributed by atoms with Gasteiger partial charge in [0, 0.05) is 16.9 Å². The largest absolute Gasteiger partial charge is 0.494 e. The van der Waals surface area contributed by atoms with Crippen molar-refractivity contribution in [3.8, 4) is 5.75 Å². The first-order valence-electron chi connectivity index (χ1n) is 5.93. The number of rotatable bonds is 3. The molecule has 0 aliphatic heterocycles. The van der Waals surface area contributed by atoms with Crippen LogP contribution >= 0.6 is 15.9 Å². The highest BCUT2D eigenvalue weighted by atomic mass is 79.9. The first-order chi connectivity index (χ1) is 8.58. The summed E-state index contributed by atoms with van der Waals surface area (Å²) in [6, 6.07) is 6.09. The smallest absolute Gasteiger partial charge is 0.145 e. The first kappa shape index (κ1) is 13.1. The highest BCUT2D eigenvalue weighted by Crippen LogP contribution is 2.35. The van der Waals surface area contributed by atoms with Crippen LogP contribution in [0.15, 0.2) is 22.7 Å². The normalized spacial score (nSPS) is 11.0. The van der Waals surface area contributed by atoms with E-state index in [9.17, 15) is 0 Å². The Kier molecular flexibility index (Phi) is 3.76. The summed E-state index contributed by atoms with van der Waals surface area (Å²) in [7, 11) is 3.56. The summed E-state index contributed by atoms with van der Waals surface area (Å²) in [6.07, 6.45) is 0. The van der Waals surface area contributed by atoms with Crippen molar-refractivity contribution >= 4 is 32.7 Å². The second-order valence-electron chi connectivity index (χ2n) is 4.48. The average Bonchev–Trinajstić information content (AvgIpc) is 2.37. The lowest BCUT2D eigenvalue weighted by molar-refractivity contribution is 0.419. The van der Waals surface area contributed by atoms with E-state index < -0.39 is 0 Å². The minimum absolute atomic E-state index is 0.419. The van der Waals surface area contributed by atoms with Crippen LogP contribution in [0, 0.1) is 0 Å². The van der Waals surface area contributed by atoms with E-state index >= 15 is 0 Å². The molecule has 0 amide bonds. The molecule has 4 heteroatoms. The molecule has 0 unspecified atom stereocenters. The Bertz CT molecular complexity index is 582. The van der Waals surface area contributed by atoms with Crippen LogP contribution < -0.4 is 10.1 Å². The van der Waals surface area contributed by atoms with E-state index in [1.165, 1.54) is 5.56 Å². The Morgan fingerprint density at radius 3 is 2.61 bits per heavy atom. The van der Waals surface area contributed by atoms with E-state index in [2.05, 4.69) is 46.1 Å². The number of nitrogens with one attached hydrogen (secondary N) is 1. The van der Waals surface area contributed by atoms with Gasteiger partial charge in [-0.25, -0.2) is 4.98 Å². The fraction of sp³-hybridized carbons (Fsp3) is 0.357. The SMILES string of the molecule is CNc1nc2c(OC)ccc(Br)c2cc1C(C)C. The molecule has 0 aliphatic carbocycles. The minimum Gasteiger partial charge on any atom is -0.494 e. The lowest BCUT2D eigenvalue weighted by Gasteiger charge is -2.15. The fourth-order valence-electron chi connectivity index (χ4n) is 2.02. The second kappa shape index (κ2) is 5.14. The number of fused-ring (bicyclic) bond motifs is 1. The number of aromatic nitrogens is 1. The van der Waals surface area contributed by atoms with Crippen molar-refractivity contribution in [1.82, 2.24) is 4.98 Å². The highest BCUT2D eigenvalue weighted by Gasteiger charge is 2.13. The van der Waals surface area contributed by atoms with E-state index in [1.54, 1.807) is 7.11 Å². The zero-order valence-corrected chi connectivity index (χ0v) is 12.6. The van der Waals surface area contributed by atoms with E-state index in [4.69, 9.17) is 4.74 Å². The lowest BCUT2D eigenvalue weighted by Crippen LogP contribution is -2.02. The van der Waals surface area contributed by atoms with Gasteiger partial charge in [-0.2, -0.15) is 0 Å². The summed E-state index contributed by atoms with van der Waals surface area (Å²) in [5.41, 5.74) is 2.08. The third-order valence-electron chi connectivity index (χ3n) is 3.00. The van der Waals surface area contributed by atoms with Gasteiger partial charge in [0.05, 0.1) is 7.11 Å². The number of hydrogen-bond acceptors (Lipinski definition) is 3. The fourth-order valence-corrected chi connectivity index (χ4v) is 2.46. The van der Waals surface area contributed by atoms with Gasteiger partial charge >= 0.3 is 0 Å². The second-order valence-corrected chi connectivity index (χ2v) is 5.33. The molecule has 0 spiro atoms. The molecule has 0 atom stereocenters. The Labute approximate surface area is 116 Å². The molecule has 0 radical (unpaired) electrons. The molecule has 0 bridgehead atoms. The van der Waals surface area contributed by atoms with E-state index in [1.807, 2.05) is 19.2 Å². The molecule has 2 rings (SSSR count). The van der Waals surface area contributed by atoms with Crippen molar-refractivity contribution in [2.45, 2.75) is 19.8 Å². The number of hydrogen-bond donors (Lipinski definition) is 1. The molecule has 18 heavy (non-hydrogen) atoms. The number of pyridine rings is 1. The Morgan fingerprint density at radius 2 is 2.06 bits per heavy atom. The number of benzene rings is 1.